The van der Waals surface area contributed by atoms with Gasteiger partial charge in [-0.25, -0.2) is 0 Å². The van der Waals surface area contributed by atoms with E-state index in [0.29, 0.717) is 26.3 Å². The SMILES string of the molecule is O=C(c1cccc(OS(=O)(=O)F)c1)N1CCOCC1. The van der Waals surface area contributed by atoms with E-state index in [-0.39, 0.29) is 17.2 Å². The van der Waals surface area contributed by atoms with E-state index in [9.17, 15) is 17.1 Å². The molecule has 6 nitrogen and oxygen atoms in total. The maximum atomic E-state index is 12.4. The number of ether oxygens (including phenoxy) is 1. The lowest BCUT2D eigenvalue weighted by Crippen LogP contribution is -2.40. The Morgan fingerprint density at radius 3 is 2.63 bits per heavy atom. The van der Waals surface area contributed by atoms with Crippen LogP contribution in [0.15, 0.2) is 24.3 Å². The first-order valence-corrected chi connectivity index (χ1v) is 6.88. The van der Waals surface area contributed by atoms with Crippen LogP contribution in [-0.2, 0) is 15.2 Å². The molecule has 1 amide bonds. The Bertz CT molecular complexity index is 568. The second-order valence-corrected chi connectivity index (χ2v) is 4.86. The molecule has 1 aliphatic heterocycles. The third kappa shape index (κ3) is 3.90. The number of hydrogen-bond donors (Lipinski definition) is 0. The summed E-state index contributed by atoms with van der Waals surface area (Å²) in [4.78, 5) is 13.7. The van der Waals surface area contributed by atoms with Crippen LogP contribution in [0.5, 0.6) is 5.75 Å². The Morgan fingerprint density at radius 2 is 2.00 bits per heavy atom. The van der Waals surface area contributed by atoms with Crippen LogP contribution in [0.4, 0.5) is 3.89 Å². The number of halogens is 1. The average molecular weight is 289 g/mol. The van der Waals surface area contributed by atoms with Gasteiger partial charge in [-0.05, 0) is 18.2 Å². The quantitative estimate of drug-likeness (QED) is 0.768. The Balaban J connectivity index is 2.15. The van der Waals surface area contributed by atoms with Crippen molar-refractivity contribution in [3.63, 3.8) is 0 Å². The van der Waals surface area contributed by atoms with Gasteiger partial charge in [0.25, 0.3) is 5.91 Å². The van der Waals surface area contributed by atoms with E-state index in [1.54, 1.807) is 4.90 Å². The summed E-state index contributed by atoms with van der Waals surface area (Å²) < 4.78 is 42.4. The predicted octanol–water partition coefficient (Wildman–Crippen LogP) is 0.752. The Morgan fingerprint density at radius 1 is 1.32 bits per heavy atom. The molecule has 0 bridgehead atoms. The molecule has 1 aromatic carbocycles. The molecule has 0 aromatic heterocycles. The van der Waals surface area contributed by atoms with Crippen LogP contribution in [0.25, 0.3) is 0 Å². The van der Waals surface area contributed by atoms with Gasteiger partial charge < -0.3 is 13.8 Å². The molecular weight excluding hydrogens is 277 g/mol. The third-order valence-corrected chi connectivity index (χ3v) is 2.97. The second kappa shape index (κ2) is 5.54. The molecule has 8 heteroatoms. The lowest BCUT2D eigenvalue weighted by molar-refractivity contribution is 0.0302. The largest absolute Gasteiger partial charge is 0.488 e. The first-order chi connectivity index (χ1) is 8.96. The van der Waals surface area contributed by atoms with E-state index < -0.39 is 10.5 Å². The maximum Gasteiger partial charge on any atom is 0.488 e. The fourth-order valence-electron chi connectivity index (χ4n) is 1.74. The van der Waals surface area contributed by atoms with E-state index >= 15 is 0 Å². The zero-order valence-corrected chi connectivity index (χ0v) is 10.7. The Hall–Kier alpha value is -1.67. The van der Waals surface area contributed by atoms with Crippen LogP contribution in [0.1, 0.15) is 10.4 Å². The normalized spacial score (nSPS) is 16.2. The van der Waals surface area contributed by atoms with E-state index in [2.05, 4.69) is 4.18 Å². The molecule has 1 aliphatic rings. The zero-order valence-electron chi connectivity index (χ0n) is 9.91. The first-order valence-electron chi connectivity index (χ1n) is 5.57. The van der Waals surface area contributed by atoms with Gasteiger partial charge >= 0.3 is 10.5 Å². The summed E-state index contributed by atoms with van der Waals surface area (Å²) in [5.74, 6) is -0.508. The van der Waals surface area contributed by atoms with Crippen molar-refractivity contribution in [3.05, 3.63) is 29.8 Å². The molecule has 1 fully saturated rings. The molecule has 2 rings (SSSR count). The molecule has 0 atom stereocenters. The minimum absolute atomic E-state index is 0.235. The van der Waals surface area contributed by atoms with Crippen molar-refractivity contribution in [2.75, 3.05) is 26.3 Å². The van der Waals surface area contributed by atoms with Gasteiger partial charge in [0, 0.05) is 18.7 Å². The molecule has 0 saturated carbocycles. The number of rotatable bonds is 3. The van der Waals surface area contributed by atoms with Gasteiger partial charge in [-0.2, -0.15) is 8.42 Å². The number of amides is 1. The van der Waals surface area contributed by atoms with Crippen molar-refractivity contribution in [3.8, 4) is 5.75 Å². The third-order valence-electron chi connectivity index (χ3n) is 2.58. The summed E-state index contributed by atoms with van der Waals surface area (Å²) in [7, 11) is -5.09. The minimum Gasteiger partial charge on any atom is -0.378 e. The van der Waals surface area contributed by atoms with Gasteiger partial charge in [0.15, 0.2) is 0 Å². The molecule has 0 spiro atoms. The molecule has 0 unspecified atom stereocenters. The van der Waals surface area contributed by atoms with E-state index in [4.69, 9.17) is 4.74 Å². The predicted molar refractivity (Wildman–Crippen MR) is 63.8 cm³/mol. The van der Waals surface area contributed by atoms with Gasteiger partial charge in [0.2, 0.25) is 0 Å². The summed E-state index contributed by atoms with van der Waals surface area (Å²) in [5.41, 5.74) is 0.239. The molecule has 1 aromatic rings. The van der Waals surface area contributed by atoms with Gasteiger partial charge in [-0.1, -0.05) is 9.95 Å². The number of nitrogens with zero attached hydrogens (tertiary/aromatic N) is 1. The standard InChI is InChI=1S/C11H12FNO5S/c12-19(15,16)18-10-3-1-2-9(8-10)11(14)13-4-6-17-7-5-13/h1-3,8H,4-7H2. The highest BCUT2D eigenvalue weighted by Gasteiger charge is 2.19. The van der Waals surface area contributed by atoms with Gasteiger partial charge in [-0.3, -0.25) is 4.79 Å². The van der Waals surface area contributed by atoms with Gasteiger partial charge in [0.05, 0.1) is 13.2 Å². The molecule has 0 aliphatic carbocycles. The summed E-state index contributed by atoms with van der Waals surface area (Å²) in [6, 6.07) is 5.38. The highest BCUT2D eigenvalue weighted by Crippen LogP contribution is 2.17. The molecule has 1 saturated heterocycles. The van der Waals surface area contributed by atoms with E-state index in [1.807, 2.05) is 0 Å². The highest BCUT2D eigenvalue weighted by molar-refractivity contribution is 7.81. The smallest absolute Gasteiger partial charge is 0.378 e. The van der Waals surface area contributed by atoms with Crippen molar-refractivity contribution in [2.24, 2.45) is 0 Å². The number of carbonyl (C=O) groups excluding carboxylic acids is 1. The van der Waals surface area contributed by atoms with Gasteiger partial charge in [-0.15, -0.1) is 0 Å². The number of hydrogen-bond acceptors (Lipinski definition) is 5. The molecule has 104 valence electrons. The average Bonchev–Trinajstić information content (AvgIpc) is 2.37. The van der Waals surface area contributed by atoms with Crippen LogP contribution < -0.4 is 4.18 Å². The van der Waals surface area contributed by atoms with Crippen molar-refractivity contribution in [1.82, 2.24) is 4.90 Å². The molecule has 1 heterocycles. The van der Waals surface area contributed by atoms with Crippen LogP contribution in [-0.4, -0.2) is 45.5 Å². The Kier molecular flexibility index (Phi) is 4.01. The summed E-state index contributed by atoms with van der Waals surface area (Å²) >= 11 is 0. The van der Waals surface area contributed by atoms with Crippen molar-refractivity contribution in [2.45, 2.75) is 0 Å². The van der Waals surface area contributed by atoms with Gasteiger partial charge in [0.1, 0.15) is 5.75 Å². The molecular formula is C11H12FNO5S. The Labute approximate surface area is 110 Å². The maximum absolute atomic E-state index is 12.4. The second-order valence-electron chi connectivity index (χ2n) is 3.91. The summed E-state index contributed by atoms with van der Waals surface area (Å²) in [6.45, 7) is 1.85. The number of morpholine rings is 1. The van der Waals surface area contributed by atoms with Crippen LogP contribution in [0.2, 0.25) is 0 Å². The fourth-order valence-corrected chi connectivity index (χ4v) is 2.08. The lowest BCUT2D eigenvalue weighted by atomic mass is 10.2. The highest BCUT2D eigenvalue weighted by atomic mass is 32.3. The summed E-state index contributed by atoms with van der Waals surface area (Å²) in [6.07, 6.45) is 0. The minimum atomic E-state index is -5.09. The zero-order chi connectivity index (χ0) is 13.9. The topological polar surface area (TPSA) is 72.9 Å². The van der Waals surface area contributed by atoms with E-state index in [0.717, 1.165) is 0 Å². The number of carbonyl (C=O) groups is 1. The van der Waals surface area contributed by atoms with Crippen molar-refractivity contribution in [1.29, 1.82) is 0 Å². The van der Waals surface area contributed by atoms with Crippen molar-refractivity contribution >= 4 is 16.4 Å². The van der Waals surface area contributed by atoms with Crippen LogP contribution in [0.3, 0.4) is 0 Å². The first kappa shape index (κ1) is 13.8. The molecule has 19 heavy (non-hydrogen) atoms. The fraction of sp³-hybridized carbons (Fsp3) is 0.364. The van der Waals surface area contributed by atoms with E-state index in [1.165, 1.54) is 24.3 Å². The summed E-state index contributed by atoms with van der Waals surface area (Å²) in [5, 5.41) is 0. The lowest BCUT2D eigenvalue weighted by Gasteiger charge is -2.26. The molecule has 0 N–H and O–H groups in total. The monoisotopic (exact) mass is 289 g/mol. The number of benzene rings is 1. The van der Waals surface area contributed by atoms with Crippen LogP contribution >= 0.6 is 0 Å². The molecule has 0 radical (unpaired) electrons. The van der Waals surface area contributed by atoms with Crippen LogP contribution in [0, 0.1) is 0 Å². The van der Waals surface area contributed by atoms with Crippen molar-refractivity contribution < 1.29 is 26.0 Å².